The summed E-state index contributed by atoms with van der Waals surface area (Å²) in [5.41, 5.74) is 0. The number of hydrogen-bond donors (Lipinski definition) is 2. The van der Waals surface area contributed by atoms with Gasteiger partial charge in [-0.2, -0.15) is 15.3 Å². The summed E-state index contributed by atoms with van der Waals surface area (Å²) in [5, 5.41) is 14.4. The standard InChI is InChI=1S/CH2O5.Cu/c2-1(5-3)6-4;/h3-4H;. The Morgan fingerprint density at radius 3 is 1.57 bits per heavy atom. The van der Waals surface area contributed by atoms with E-state index in [0.29, 0.717) is 0 Å². The van der Waals surface area contributed by atoms with Gasteiger partial charge in [0, 0.05) is 17.1 Å². The van der Waals surface area contributed by atoms with Crippen molar-refractivity contribution in [3.05, 3.63) is 0 Å². The third kappa shape index (κ3) is 5.71. The molecule has 5 nitrogen and oxygen atoms in total. The molecule has 1 radical (unpaired) electrons. The Morgan fingerprint density at radius 2 is 1.57 bits per heavy atom. The molecule has 6 heteroatoms. The van der Waals surface area contributed by atoms with Crippen LogP contribution >= 0.6 is 0 Å². The summed E-state index contributed by atoms with van der Waals surface area (Å²) in [6.45, 7) is 0. The van der Waals surface area contributed by atoms with Crippen LogP contribution in [0.2, 0.25) is 0 Å². The number of carbonyl (C=O) groups is 1. The van der Waals surface area contributed by atoms with Gasteiger partial charge in [-0.05, 0) is 0 Å². The van der Waals surface area contributed by atoms with Gasteiger partial charge in [0.05, 0.1) is 0 Å². The minimum absolute atomic E-state index is 0. The van der Waals surface area contributed by atoms with Gasteiger partial charge in [-0.1, -0.05) is 0 Å². The fourth-order valence-electron chi connectivity index (χ4n) is 0.0167. The molecule has 47 valence electrons. The van der Waals surface area contributed by atoms with E-state index in [-0.39, 0.29) is 17.1 Å². The topological polar surface area (TPSA) is 76.0 Å². The monoisotopic (exact) mass is 157 g/mol. The summed E-state index contributed by atoms with van der Waals surface area (Å²) < 4.78 is 0. The molecule has 0 spiro atoms. The fourth-order valence-corrected chi connectivity index (χ4v) is 0.0167. The van der Waals surface area contributed by atoms with Crippen LogP contribution in [0.25, 0.3) is 0 Å². The van der Waals surface area contributed by atoms with Gasteiger partial charge in [-0.25, -0.2) is 0 Å². The van der Waals surface area contributed by atoms with E-state index in [0.717, 1.165) is 0 Å². The maximum atomic E-state index is 9.24. The van der Waals surface area contributed by atoms with Crippen LogP contribution in [0.1, 0.15) is 0 Å². The smallest absolute Gasteiger partial charge is 0.260 e. The van der Waals surface area contributed by atoms with E-state index in [4.69, 9.17) is 10.5 Å². The molecule has 7 heavy (non-hydrogen) atoms. The average molecular weight is 158 g/mol. The van der Waals surface area contributed by atoms with Gasteiger partial charge < -0.3 is 0 Å². The van der Waals surface area contributed by atoms with Crippen molar-refractivity contribution in [2.24, 2.45) is 0 Å². The molecule has 0 heterocycles. The first-order valence-corrected chi connectivity index (χ1v) is 0.978. The minimum Gasteiger partial charge on any atom is -0.260 e. The van der Waals surface area contributed by atoms with E-state index in [9.17, 15) is 4.79 Å². The van der Waals surface area contributed by atoms with Crippen LogP contribution in [0.5, 0.6) is 0 Å². The van der Waals surface area contributed by atoms with Crippen molar-refractivity contribution in [2.75, 3.05) is 0 Å². The normalized spacial score (nSPS) is 6.00. The van der Waals surface area contributed by atoms with E-state index >= 15 is 0 Å². The number of hydrogen-bond acceptors (Lipinski definition) is 5. The fraction of sp³-hybridized carbons (Fsp3) is 0. The predicted octanol–water partition coefficient (Wildman–Crippen LogP) is 0.0831. The largest absolute Gasteiger partial charge is 0.572 e. The van der Waals surface area contributed by atoms with Crippen molar-refractivity contribution < 1.29 is 42.2 Å². The third-order valence-electron chi connectivity index (χ3n) is 0.149. The summed E-state index contributed by atoms with van der Waals surface area (Å²) >= 11 is 0. The van der Waals surface area contributed by atoms with Crippen molar-refractivity contribution in [1.82, 2.24) is 0 Å². The van der Waals surface area contributed by atoms with Crippen molar-refractivity contribution in [1.29, 1.82) is 0 Å². The van der Waals surface area contributed by atoms with Crippen LogP contribution in [0, 0.1) is 0 Å². The molecular weight excluding hydrogens is 156 g/mol. The van der Waals surface area contributed by atoms with Gasteiger partial charge in [-0.3, -0.25) is 9.78 Å². The molecule has 0 atom stereocenters. The van der Waals surface area contributed by atoms with Gasteiger partial charge in [0.1, 0.15) is 0 Å². The molecule has 0 amide bonds. The van der Waals surface area contributed by atoms with Crippen LogP contribution < -0.4 is 0 Å². The van der Waals surface area contributed by atoms with Gasteiger partial charge in [0.15, 0.2) is 0 Å². The average Bonchev–Trinajstić information content (AvgIpc) is 1.65. The van der Waals surface area contributed by atoms with Gasteiger partial charge >= 0.3 is 6.16 Å². The summed E-state index contributed by atoms with van der Waals surface area (Å²) in [7, 11) is 0. The van der Waals surface area contributed by atoms with E-state index < -0.39 is 6.16 Å². The Balaban J connectivity index is 0. The van der Waals surface area contributed by atoms with E-state index in [1.54, 1.807) is 0 Å². The Bertz CT molecular complexity index is 46.0. The van der Waals surface area contributed by atoms with Gasteiger partial charge in [0.25, 0.3) is 0 Å². The maximum absolute atomic E-state index is 9.24. The SMILES string of the molecule is O=C(OO)OO.[Cu]. The first-order chi connectivity index (χ1) is 2.81. The molecule has 0 aromatic heterocycles. The zero-order valence-electron chi connectivity index (χ0n) is 2.92. The molecular formula is CH2CuO5. The first kappa shape index (κ1) is 9.86. The molecule has 2 N–H and O–H groups in total. The van der Waals surface area contributed by atoms with Crippen LogP contribution in [0.3, 0.4) is 0 Å². The Morgan fingerprint density at radius 1 is 1.29 bits per heavy atom. The molecule has 0 aromatic carbocycles. The minimum atomic E-state index is -1.55. The second-order valence-electron chi connectivity index (χ2n) is 0.433. The molecule has 0 bridgehead atoms. The molecule has 0 saturated carbocycles. The van der Waals surface area contributed by atoms with Crippen LogP contribution in [-0.2, 0) is 26.8 Å². The third-order valence-corrected chi connectivity index (χ3v) is 0.149. The second-order valence-corrected chi connectivity index (χ2v) is 0.433. The van der Waals surface area contributed by atoms with Gasteiger partial charge in [-0.15, -0.1) is 0 Å². The van der Waals surface area contributed by atoms with Crippen LogP contribution in [0.15, 0.2) is 0 Å². The van der Waals surface area contributed by atoms with Crippen molar-refractivity contribution in [2.45, 2.75) is 0 Å². The molecule has 0 fully saturated rings. The quantitative estimate of drug-likeness (QED) is 0.296. The Hall–Kier alpha value is -0.291. The van der Waals surface area contributed by atoms with E-state index in [1.807, 2.05) is 0 Å². The maximum Gasteiger partial charge on any atom is 0.572 e. The zero-order chi connectivity index (χ0) is 4.99. The number of carbonyl (C=O) groups excluding carboxylic acids is 1. The first-order valence-electron chi connectivity index (χ1n) is 0.978. The predicted molar refractivity (Wildman–Crippen MR) is 12.8 cm³/mol. The summed E-state index contributed by atoms with van der Waals surface area (Å²) in [6.07, 6.45) is -1.55. The molecule has 0 aliphatic rings. The number of rotatable bonds is 0. The molecule has 0 aromatic rings. The Labute approximate surface area is 49.2 Å². The molecule has 0 unspecified atom stereocenters. The molecule has 0 rings (SSSR count). The summed E-state index contributed by atoms with van der Waals surface area (Å²) in [5.74, 6) is 0. The molecule has 0 saturated heterocycles. The molecule has 0 aliphatic heterocycles. The van der Waals surface area contributed by atoms with Crippen molar-refractivity contribution >= 4 is 6.16 Å². The van der Waals surface area contributed by atoms with Crippen molar-refractivity contribution in [3.8, 4) is 0 Å². The van der Waals surface area contributed by atoms with E-state index in [1.165, 1.54) is 0 Å². The second kappa shape index (κ2) is 5.71. The van der Waals surface area contributed by atoms with Crippen molar-refractivity contribution in [3.63, 3.8) is 0 Å². The Kier molecular flexibility index (Phi) is 8.04. The molecule has 0 aliphatic carbocycles. The van der Waals surface area contributed by atoms with Crippen LogP contribution in [-0.4, -0.2) is 16.7 Å². The summed E-state index contributed by atoms with van der Waals surface area (Å²) in [6, 6.07) is 0. The van der Waals surface area contributed by atoms with Gasteiger partial charge in [0.2, 0.25) is 0 Å². The van der Waals surface area contributed by atoms with E-state index in [2.05, 4.69) is 9.78 Å². The summed E-state index contributed by atoms with van der Waals surface area (Å²) in [4.78, 5) is 14.8. The zero-order valence-corrected chi connectivity index (χ0v) is 3.86. The van der Waals surface area contributed by atoms with Crippen LogP contribution in [0.4, 0.5) is 4.79 Å².